The van der Waals surface area contributed by atoms with E-state index < -0.39 is 0 Å². The Morgan fingerprint density at radius 1 is 0.912 bits per heavy atom. The fourth-order valence-corrected chi connectivity index (χ4v) is 3.73. The zero-order valence-corrected chi connectivity index (χ0v) is 18.6. The molecule has 0 radical (unpaired) electrons. The molecule has 0 saturated heterocycles. The first kappa shape index (κ1) is 21.4. The van der Waals surface area contributed by atoms with Gasteiger partial charge >= 0.3 is 0 Å². The van der Waals surface area contributed by atoms with E-state index >= 15 is 0 Å². The highest BCUT2D eigenvalue weighted by Gasteiger charge is 2.16. The van der Waals surface area contributed by atoms with Gasteiger partial charge in [0.25, 0.3) is 0 Å². The third-order valence-electron chi connectivity index (χ3n) is 5.30. The maximum absolute atomic E-state index is 11.9. The second-order valence-electron chi connectivity index (χ2n) is 7.57. The van der Waals surface area contributed by atoms with Gasteiger partial charge in [0.2, 0.25) is 5.91 Å². The van der Waals surface area contributed by atoms with Crippen molar-refractivity contribution in [1.29, 1.82) is 0 Å². The fourth-order valence-electron chi connectivity index (χ4n) is 3.73. The van der Waals surface area contributed by atoms with Gasteiger partial charge in [0.15, 0.2) is 17.3 Å². The van der Waals surface area contributed by atoms with Crippen molar-refractivity contribution in [1.82, 2.24) is 19.8 Å². The lowest BCUT2D eigenvalue weighted by Crippen LogP contribution is -2.17. The number of carbonyl (C=O) groups excluding carboxylic acids is 1. The summed E-state index contributed by atoms with van der Waals surface area (Å²) in [5, 5.41) is 21.7. The van der Waals surface area contributed by atoms with Crippen LogP contribution in [0.25, 0.3) is 27.8 Å². The number of hydrogen-bond donors (Lipinski definition) is 2. The predicted octanol–water partition coefficient (Wildman–Crippen LogP) is 4.28. The molecule has 1 amide bonds. The maximum Gasteiger partial charge on any atom is 0.250 e. The highest BCUT2D eigenvalue weighted by Crippen LogP contribution is 2.30. The Balaban J connectivity index is 1.57. The first-order chi connectivity index (χ1) is 16.7. The Morgan fingerprint density at radius 2 is 1.68 bits per heavy atom. The van der Waals surface area contributed by atoms with Crippen LogP contribution in [0.4, 0.5) is 17.2 Å². The number of nitrogens with one attached hydrogen (secondary N) is 2. The number of aromatic nitrogens is 4. The van der Waals surface area contributed by atoms with Crippen LogP contribution in [0, 0.1) is 0 Å². The molecule has 9 heteroatoms. The topological polar surface area (TPSA) is 103 Å². The summed E-state index contributed by atoms with van der Waals surface area (Å²) in [6.45, 7) is -0.0116. The largest absolute Gasteiger partial charge is 0.497 e. The highest BCUT2D eigenvalue weighted by molar-refractivity contribution is 6.01. The van der Waals surface area contributed by atoms with Crippen LogP contribution in [0.1, 0.15) is 0 Å². The zero-order valence-electron chi connectivity index (χ0n) is 18.6. The van der Waals surface area contributed by atoms with Crippen molar-refractivity contribution in [3.8, 4) is 17.1 Å². The quantitative estimate of drug-likeness (QED) is 0.378. The number of fused-ring (bicyclic) bond motifs is 3. The van der Waals surface area contributed by atoms with E-state index in [0.717, 1.165) is 27.8 Å². The fraction of sp³-hybridized carbons (Fsp3) is 0.120. The highest BCUT2D eigenvalue weighted by atomic mass is 16.5. The zero-order chi connectivity index (χ0) is 23.5. The third kappa shape index (κ3) is 4.12. The van der Waals surface area contributed by atoms with Gasteiger partial charge in [-0.15, -0.1) is 15.3 Å². The van der Waals surface area contributed by atoms with Gasteiger partial charge in [-0.25, -0.2) is 0 Å². The summed E-state index contributed by atoms with van der Waals surface area (Å²) in [6, 6.07) is 22.9. The molecule has 0 aliphatic carbocycles. The van der Waals surface area contributed by atoms with Gasteiger partial charge in [-0.05, 0) is 42.5 Å². The standard InChI is InChI=1S/C25H22N6O3/c1-33-15-22(32)26-17-6-5-7-18(14-17)27-23-20-8-3-4-9-21(20)25-29-28-24(31(25)30-23)16-10-12-19(34-2)13-11-16/h3-14H,15H2,1-2H3,(H,26,32)(H,27,30). The summed E-state index contributed by atoms with van der Waals surface area (Å²) in [7, 11) is 3.11. The minimum atomic E-state index is -0.224. The normalized spacial score (nSPS) is 11.0. The van der Waals surface area contributed by atoms with Crippen LogP contribution in [0.5, 0.6) is 5.75 Å². The lowest BCUT2D eigenvalue weighted by atomic mass is 10.1. The summed E-state index contributed by atoms with van der Waals surface area (Å²) in [6.07, 6.45) is 0. The molecule has 0 aliphatic rings. The number of methoxy groups -OCH3 is 2. The van der Waals surface area contributed by atoms with E-state index in [9.17, 15) is 4.79 Å². The molecule has 0 bridgehead atoms. The van der Waals surface area contributed by atoms with Crippen molar-refractivity contribution in [3.05, 3.63) is 72.8 Å². The van der Waals surface area contributed by atoms with Crippen molar-refractivity contribution in [2.75, 3.05) is 31.5 Å². The van der Waals surface area contributed by atoms with Crippen LogP contribution in [-0.4, -0.2) is 46.5 Å². The van der Waals surface area contributed by atoms with E-state index in [-0.39, 0.29) is 12.5 Å². The van der Waals surface area contributed by atoms with Crippen LogP contribution in [0.2, 0.25) is 0 Å². The van der Waals surface area contributed by atoms with Gasteiger partial charge < -0.3 is 20.1 Å². The Morgan fingerprint density at radius 3 is 2.44 bits per heavy atom. The van der Waals surface area contributed by atoms with E-state index in [1.165, 1.54) is 7.11 Å². The molecule has 34 heavy (non-hydrogen) atoms. The molecule has 5 aromatic rings. The number of amides is 1. The lowest BCUT2D eigenvalue weighted by molar-refractivity contribution is -0.119. The first-order valence-corrected chi connectivity index (χ1v) is 10.6. The van der Waals surface area contributed by atoms with Crippen molar-refractivity contribution in [2.45, 2.75) is 0 Å². The van der Waals surface area contributed by atoms with Crippen LogP contribution >= 0.6 is 0 Å². The number of hydrogen-bond acceptors (Lipinski definition) is 7. The first-order valence-electron chi connectivity index (χ1n) is 10.6. The maximum atomic E-state index is 11.9. The number of carbonyl (C=O) groups is 1. The molecule has 0 spiro atoms. The molecule has 2 heterocycles. The van der Waals surface area contributed by atoms with Crippen LogP contribution < -0.4 is 15.4 Å². The molecule has 0 saturated carbocycles. The SMILES string of the molecule is COCC(=O)Nc1cccc(Nc2nn3c(-c4ccc(OC)cc4)nnc3c3ccccc23)c1. The Bertz CT molecular complexity index is 1480. The Kier molecular flexibility index (Phi) is 5.75. The number of anilines is 3. The van der Waals surface area contributed by atoms with E-state index in [1.807, 2.05) is 72.8 Å². The predicted molar refractivity (Wildman–Crippen MR) is 131 cm³/mol. The third-order valence-corrected chi connectivity index (χ3v) is 5.30. The second kappa shape index (κ2) is 9.16. The monoisotopic (exact) mass is 454 g/mol. The summed E-state index contributed by atoms with van der Waals surface area (Å²) >= 11 is 0. The van der Waals surface area contributed by atoms with Gasteiger partial charge in [-0.2, -0.15) is 4.52 Å². The Labute approximate surface area is 195 Å². The molecule has 2 aromatic heterocycles. The van der Waals surface area contributed by atoms with Crippen molar-refractivity contribution in [3.63, 3.8) is 0 Å². The van der Waals surface area contributed by atoms with Gasteiger partial charge in [0.05, 0.1) is 7.11 Å². The summed E-state index contributed by atoms with van der Waals surface area (Å²) in [5.41, 5.74) is 2.95. The summed E-state index contributed by atoms with van der Waals surface area (Å²) in [5.74, 6) is 1.79. The molecule has 0 aliphatic heterocycles. The molecule has 170 valence electrons. The minimum Gasteiger partial charge on any atom is -0.497 e. The molecular formula is C25H22N6O3. The number of rotatable bonds is 7. The van der Waals surface area contributed by atoms with Gasteiger partial charge in [-0.3, -0.25) is 4.79 Å². The van der Waals surface area contributed by atoms with Crippen LogP contribution in [-0.2, 0) is 9.53 Å². The molecule has 0 unspecified atom stereocenters. The van der Waals surface area contributed by atoms with Crippen molar-refractivity contribution < 1.29 is 14.3 Å². The summed E-state index contributed by atoms with van der Waals surface area (Å²) in [4.78, 5) is 11.9. The van der Waals surface area contributed by atoms with Gasteiger partial charge in [-0.1, -0.05) is 30.3 Å². The summed E-state index contributed by atoms with van der Waals surface area (Å²) < 4.78 is 11.9. The van der Waals surface area contributed by atoms with Crippen LogP contribution in [0.3, 0.4) is 0 Å². The van der Waals surface area contributed by atoms with E-state index in [0.29, 0.717) is 23.0 Å². The van der Waals surface area contributed by atoms with E-state index in [1.54, 1.807) is 11.6 Å². The average Bonchev–Trinajstić information content (AvgIpc) is 3.29. The molecule has 2 N–H and O–H groups in total. The number of nitrogens with zero attached hydrogens (tertiary/aromatic N) is 4. The molecular weight excluding hydrogens is 432 g/mol. The van der Waals surface area contributed by atoms with Crippen molar-refractivity contribution >= 4 is 39.5 Å². The van der Waals surface area contributed by atoms with Crippen LogP contribution in [0.15, 0.2) is 72.8 Å². The average molecular weight is 454 g/mol. The van der Waals surface area contributed by atoms with Gasteiger partial charge in [0.1, 0.15) is 12.4 Å². The molecule has 0 atom stereocenters. The minimum absolute atomic E-state index is 0.0116. The smallest absolute Gasteiger partial charge is 0.250 e. The number of ether oxygens (including phenoxy) is 2. The van der Waals surface area contributed by atoms with E-state index in [2.05, 4.69) is 20.8 Å². The molecule has 5 rings (SSSR count). The number of benzene rings is 3. The molecule has 9 nitrogen and oxygen atoms in total. The Hall–Kier alpha value is -4.50. The second-order valence-corrected chi connectivity index (χ2v) is 7.57. The van der Waals surface area contributed by atoms with Gasteiger partial charge in [0, 0.05) is 34.8 Å². The lowest BCUT2D eigenvalue weighted by Gasteiger charge is -2.12. The molecule has 0 fully saturated rings. The van der Waals surface area contributed by atoms with E-state index in [4.69, 9.17) is 14.6 Å². The van der Waals surface area contributed by atoms with Crippen molar-refractivity contribution in [2.24, 2.45) is 0 Å². The molecule has 3 aromatic carbocycles.